The molecule has 0 aromatic rings. The van der Waals surface area contributed by atoms with E-state index in [1.165, 1.54) is 44.9 Å². The van der Waals surface area contributed by atoms with Crippen LogP contribution in [0, 0.1) is 16.7 Å². The summed E-state index contributed by atoms with van der Waals surface area (Å²) >= 11 is 0. The van der Waals surface area contributed by atoms with Crippen molar-refractivity contribution in [1.82, 2.24) is 0 Å². The molecule has 104 valence electrons. The van der Waals surface area contributed by atoms with E-state index in [1.807, 2.05) is 0 Å². The molecule has 0 rings (SSSR count). The lowest BCUT2D eigenvalue weighted by Gasteiger charge is -2.35. The van der Waals surface area contributed by atoms with Crippen molar-refractivity contribution in [3.8, 4) is 0 Å². The van der Waals surface area contributed by atoms with Gasteiger partial charge in [0.05, 0.1) is 0 Å². The maximum atomic E-state index is 2.49. The van der Waals surface area contributed by atoms with Gasteiger partial charge in [-0.3, -0.25) is 0 Å². The van der Waals surface area contributed by atoms with E-state index in [1.54, 1.807) is 0 Å². The second-order valence-electron chi connectivity index (χ2n) is 6.95. The second-order valence-corrected chi connectivity index (χ2v) is 6.95. The number of hydrogen-bond donors (Lipinski definition) is 0. The first-order chi connectivity index (χ1) is 7.84. The Bertz CT molecular complexity index is 190. The van der Waals surface area contributed by atoms with Gasteiger partial charge in [0.1, 0.15) is 0 Å². The fourth-order valence-electron chi connectivity index (χ4n) is 3.32. The topological polar surface area (TPSA) is 0 Å². The van der Waals surface area contributed by atoms with Crippen LogP contribution in [0.5, 0.6) is 0 Å². The fourth-order valence-corrected chi connectivity index (χ4v) is 3.32. The van der Waals surface area contributed by atoms with Gasteiger partial charge < -0.3 is 0 Å². The number of rotatable bonds is 9. The smallest absolute Gasteiger partial charge is 0.0326 e. The Balaban J connectivity index is 4.37. The molecule has 0 heterocycles. The van der Waals surface area contributed by atoms with Crippen molar-refractivity contribution < 1.29 is 0 Å². The first-order valence-electron chi connectivity index (χ1n) is 7.84. The van der Waals surface area contributed by atoms with E-state index in [0.29, 0.717) is 10.8 Å². The summed E-state index contributed by atoms with van der Waals surface area (Å²) in [5.41, 5.74) is 1.15. The van der Waals surface area contributed by atoms with Gasteiger partial charge in [0, 0.05) is 0 Å². The Labute approximate surface area is 111 Å². The van der Waals surface area contributed by atoms with Gasteiger partial charge in [-0.2, -0.15) is 0 Å². The zero-order valence-electron chi connectivity index (χ0n) is 13.5. The summed E-state index contributed by atoms with van der Waals surface area (Å²) in [4.78, 5) is 0. The van der Waals surface area contributed by atoms with Gasteiger partial charge in [-0.05, 0) is 36.0 Å². The van der Waals surface area contributed by atoms with Gasteiger partial charge in [-0.1, -0.05) is 74.1 Å². The lowest BCUT2D eigenvalue weighted by atomic mass is 9.70. The third-order valence-electron chi connectivity index (χ3n) is 5.10. The van der Waals surface area contributed by atoms with E-state index in [4.69, 9.17) is 0 Å². The van der Waals surface area contributed by atoms with Crippen molar-refractivity contribution in [1.29, 1.82) is 0 Å². The molecule has 0 aliphatic heterocycles. The summed E-state index contributed by atoms with van der Waals surface area (Å²) in [6.45, 7) is 16.8. The van der Waals surface area contributed by atoms with Crippen molar-refractivity contribution in [2.45, 2.75) is 93.4 Å². The average molecular weight is 240 g/mol. The minimum Gasteiger partial charge on any atom is -0.0654 e. The van der Waals surface area contributed by atoms with Crippen LogP contribution in [0.4, 0.5) is 0 Å². The summed E-state index contributed by atoms with van der Waals surface area (Å²) in [6.07, 6.45) is 9.51. The van der Waals surface area contributed by atoms with Crippen LogP contribution in [-0.2, 0) is 0 Å². The van der Waals surface area contributed by atoms with Gasteiger partial charge in [0.2, 0.25) is 0 Å². The standard InChI is InChI=1S/C17H36/c1-8-12-17(7,11-4)14-15(5)13-16(6,9-2)10-3/h15H,8-14H2,1-7H3. The van der Waals surface area contributed by atoms with Crippen molar-refractivity contribution in [2.75, 3.05) is 0 Å². The third kappa shape index (κ3) is 5.93. The molecule has 0 nitrogen and oxygen atoms in total. The number of hydrogen-bond acceptors (Lipinski definition) is 0. The van der Waals surface area contributed by atoms with Crippen molar-refractivity contribution in [2.24, 2.45) is 16.7 Å². The van der Waals surface area contributed by atoms with Crippen LogP contribution < -0.4 is 0 Å². The lowest BCUT2D eigenvalue weighted by molar-refractivity contribution is 0.160. The molecule has 0 N–H and O–H groups in total. The first-order valence-corrected chi connectivity index (χ1v) is 7.84. The van der Waals surface area contributed by atoms with Crippen LogP contribution in [0.1, 0.15) is 93.4 Å². The summed E-state index contributed by atoms with van der Waals surface area (Å²) in [5, 5.41) is 0. The van der Waals surface area contributed by atoms with E-state index in [9.17, 15) is 0 Å². The summed E-state index contributed by atoms with van der Waals surface area (Å²) in [6, 6.07) is 0. The van der Waals surface area contributed by atoms with Gasteiger partial charge in [0.15, 0.2) is 0 Å². The van der Waals surface area contributed by atoms with Crippen LogP contribution in [0.3, 0.4) is 0 Å². The van der Waals surface area contributed by atoms with Gasteiger partial charge >= 0.3 is 0 Å². The maximum absolute atomic E-state index is 2.49. The van der Waals surface area contributed by atoms with Crippen molar-refractivity contribution in [3.63, 3.8) is 0 Å². The van der Waals surface area contributed by atoms with Crippen molar-refractivity contribution in [3.05, 3.63) is 0 Å². The molecule has 0 saturated carbocycles. The van der Waals surface area contributed by atoms with E-state index in [-0.39, 0.29) is 0 Å². The molecule has 0 aromatic carbocycles. The minimum atomic E-state index is 0.570. The van der Waals surface area contributed by atoms with E-state index >= 15 is 0 Å². The van der Waals surface area contributed by atoms with Crippen LogP contribution in [-0.4, -0.2) is 0 Å². The summed E-state index contributed by atoms with van der Waals surface area (Å²) in [7, 11) is 0. The average Bonchev–Trinajstić information content (AvgIpc) is 2.28. The summed E-state index contributed by atoms with van der Waals surface area (Å²) < 4.78 is 0. The maximum Gasteiger partial charge on any atom is -0.0326 e. The van der Waals surface area contributed by atoms with Gasteiger partial charge in [-0.15, -0.1) is 0 Å². The molecule has 0 spiro atoms. The SMILES string of the molecule is CCCC(C)(CC)CC(C)CC(C)(CC)CC. The molecule has 17 heavy (non-hydrogen) atoms. The highest BCUT2D eigenvalue weighted by molar-refractivity contribution is 4.79. The molecule has 2 unspecified atom stereocenters. The molecule has 2 atom stereocenters. The molecule has 0 heteroatoms. The van der Waals surface area contributed by atoms with Gasteiger partial charge in [-0.25, -0.2) is 0 Å². The Morgan fingerprint density at radius 3 is 1.53 bits per heavy atom. The normalized spacial score (nSPS) is 17.8. The largest absolute Gasteiger partial charge is 0.0654 e. The van der Waals surface area contributed by atoms with E-state index < -0.39 is 0 Å². The van der Waals surface area contributed by atoms with Crippen LogP contribution in [0.15, 0.2) is 0 Å². The Morgan fingerprint density at radius 2 is 1.18 bits per heavy atom. The highest BCUT2D eigenvalue weighted by Gasteiger charge is 2.28. The highest BCUT2D eigenvalue weighted by atomic mass is 14.3. The van der Waals surface area contributed by atoms with E-state index in [2.05, 4.69) is 48.5 Å². The molecule has 0 aromatic heterocycles. The molecule has 0 aliphatic carbocycles. The minimum absolute atomic E-state index is 0.570. The van der Waals surface area contributed by atoms with Crippen molar-refractivity contribution >= 4 is 0 Å². The Morgan fingerprint density at radius 1 is 0.765 bits per heavy atom. The van der Waals surface area contributed by atoms with Crippen LogP contribution in [0.25, 0.3) is 0 Å². The highest BCUT2D eigenvalue weighted by Crippen LogP contribution is 2.40. The molecule has 0 radical (unpaired) electrons. The predicted octanol–water partition coefficient (Wildman–Crippen LogP) is 6.45. The predicted molar refractivity (Wildman–Crippen MR) is 80.4 cm³/mol. The Kier molecular flexibility index (Phi) is 7.44. The van der Waals surface area contributed by atoms with Crippen LogP contribution >= 0.6 is 0 Å². The zero-order chi connectivity index (χ0) is 13.5. The van der Waals surface area contributed by atoms with E-state index in [0.717, 1.165) is 5.92 Å². The fraction of sp³-hybridized carbons (Fsp3) is 1.00. The second kappa shape index (κ2) is 7.44. The Hall–Kier alpha value is 0. The molecule has 0 fully saturated rings. The third-order valence-corrected chi connectivity index (χ3v) is 5.10. The monoisotopic (exact) mass is 240 g/mol. The molecular formula is C17H36. The molecule has 0 aliphatic rings. The first kappa shape index (κ1) is 17.0. The molecule has 0 amide bonds. The summed E-state index contributed by atoms with van der Waals surface area (Å²) in [5.74, 6) is 0.872. The van der Waals surface area contributed by atoms with Crippen LogP contribution in [0.2, 0.25) is 0 Å². The molecule has 0 saturated heterocycles. The molecule has 0 bridgehead atoms. The zero-order valence-corrected chi connectivity index (χ0v) is 13.5. The quantitative estimate of drug-likeness (QED) is 0.434. The molecular weight excluding hydrogens is 204 g/mol. The lowest BCUT2D eigenvalue weighted by Crippen LogP contribution is -2.23. The van der Waals surface area contributed by atoms with Gasteiger partial charge in [0.25, 0.3) is 0 Å².